The number of carbonyl (C=O) groups excluding carboxylic acids is 1. The van der Waals surface area contributed by atoms with Gasteiger partial charge in [0.2, 0.25) is 5.90 Å². The molecule has 0 bridgehead atoms. The summed E-state index contributed by atoms with van der Waals surface area (Å²) < 4.78 is 16.0. The first kappa shape index (κ1) is 18.6. The van der Waals surface area contributed by atoms with Crippen molar-refractivity contribution in [1.29, 1.82) is 0 Å². The maximum atomic E-state index is 12.2. The Hall–Kier alpha value is -3.23. The zero-order valence-corrected chi connectivity index (χ0v) is 15.5. The van der Waals surface area contributed by atoms with Gasteiger partial charge in [-0.3, -0.25) is 0 Å². The summed E-state index contributed by atoms with van der Waals surface area (Å²) in [6.45, 7) is 1.99. The largest absolute Gasteiger partial charge is 0.493 e. The molecule has 0 saturated heterocycles. The molecule has 3 rings (SSSR count). The van der Waals surface area contributed by atoms with Crippen molar-refractivity contribution >= 4 is 29.5 Å². The lowest BCUT2D eigenvalue weighted by atomic mass is 10.1. The van der Waals surface area contributed by atoms with Gasteiger partial charge in [-0.1, -0.05) is 35.7 Å². The number of aliphatic imine (C=N–C) groups is 1. The Bertz CT molecular complexity index is 1000. The number of ether oxygens (including phenoxy) is 3. The van der Waals surface area contributed by atoms with E-state index >= 15 is 0 Å². The predicted octanol–water partition coefficient (Wildman–Crippen LogP) is 4.01. The van der Waals surface area contributed by atoms with Crippen molar-refractivity contribution in [3.63, 3.8) is 0 Å². The van der Waals surface area contributed by atoms with E-state index < -0.39 is 5.97 Å². The highest BCUT2D eigenvalue weighted by molar-refractivity contribution is 6.32. The third-order valence-corrected chi connectivity index (χ3v) is 4.13. The lowest BCUT2D eigenvalue weighted by molar-refractivity contribution is -0.129. The van der Waals surface area contributed by atoms with Crippen LogP contribution in [-0.2, 0) is 9.53 Å². The minimum Gasteiger partial charge on any atom is -0.493 e. The number of hydrogen-bond donors (Lipinski definition) is 0. The fourth-order valence-corrected chi connectivity index (χ4v) is 2.85. The Morgan fingerprint density at radius 1 is 1.33 bits per heavy atom. The van der Waals surface area contributed by atoms with E-state index in [0.717, 1.165) is 11.1 Å². The Morgan fingerprint density at radius 3 is 2.81 bits per heavy atom. The average molecular weight is 382 g/mol. The number of terminal acetylenes is 1. The maximum absolute atomic E-state index is 12.2. The molecule has 0 unspecified atom stereocenters. The normalized spacial score (nSPS) is 14.5. The fraction of sp³-hybridized carbons (Fsp3) is 0.143. The smallest absolute Gasteiger partial charge is 0.363 e. The molecule has 0 saturated carbocycles. The standard InChI is InChI=1S/C21H16ClNO4/c1-4-9-26-19-16(22)10-14(12-18(19)25-3)11-17-21(24)27-20(23-17)15-8-6-5-7-13(15)2/h1,5-8,10-12H,9H2,2-3H3. The van der Waals surface area contributed by atoms with Crippen LogP contribution in [0, 0.1) is 19.3 Å². The Balaban J connectivity index is 1.97. The molecule has 2 aromatic carbocycles. The molecule has 136 valence electrons. The molecule has 0 radical (unpaired) electrons. The number of carbonyl (C=O) groups is 1. The van der Waals surface area contributed by atoms with Crippen LogP contribution in [0.15, 0.2) is 47.1 Å². The Morgan fingerprint density at radius 2 is 2.11 bits per heavy atom. The summed E-state index contributed by atoms with van der Waals surface area (Å²) in [6, 6.07) is 10.9. The molecule has 5 nitrogen and oxygen atoms in total. The van der Waals surface area contributed by atoms with Crippen LogP contribution in [0.1, 0.15) is 16.7 Å². The van der Waals surface area contributed by atoms with Crippen molar-refractivity contribution < 1.29 is 19.0 Å². The van der Waals surface area contributed by atoms with Crippen molar-refractivity contribution in [3.8, 4) is 23.8 Å². The molecule has 0 fully saturated rings. The highest BCUT2D eigenvalue weighted by Crippen LogP contribution is 2.37. The van der Waals surface area contributed by atoms with Gasteiger partial charge in [0.15, 0.2) is 17.2 Å². The Labute approximate surface area is 162 Å². The van der Waals surface area contributed by atoms with Crippen LogP contribution < -0.4 is 9.47 Å². The second-order valence-electron chi connectivity index (χ2n) is 5.68. The minimum atomic E-state index is -0.531. The van der Waals surface area contributed by atoms with E-state index in [-0.39, 0.29) is 18.2 Å². The summed E-state index contributed by atoms with van der Waals surface area (Å²) >= 11 is 6.26. The molecule has 0 aromatic heterocycles. The molecule has 0 amide bonds. The SMILES string of the molecule is C#CCOc1c(Cl)cc(C=C2N=C(c3ccccc3C)OC2=O)cc1OC. The topological polar surface area (TPSA) is 57.1 Å². The summed E-state index contributed by atoms with van der Waals surface area (Å²) in [5, 5.41) is 0.311. The van der Waals surface area contributed by atoms with Crippen LogP contribution in [0.5, 0.6) is 11.5 Å². The van der Waals surface area contributed by atoms with E-state index in [1.165, 1.54) is 7.11 Å². The van der Waals surface area contributed by atoms with Crippen molar-refractivity contribution in [2.75, 3.05) is 13.7 Å². The highest BCUT2D eigenvalue weighted by Gasteiger charge is 2.25. The molecule has 0 aliphatic carbocycles. The van der Waals surface area contributed by atoms with E-state index in [9.17, 15) is 4.79 Å². The molecule has 0 N–H and O–H groups in total. The molecule has 27 heavy (non-hydrogen) atoms. The van der Waals surface area contributed by atoms with Crippen molar-refractivity contribution in [2.45, 2.75) is 6.92 Å². The average Bonchev–Trinajstić information content (AvgIpc) is 3.01. The summed E-state index contributed by atoms with van der Waals surface area (Å²) in [5.41, 5.74) is 2.52. The molecule has 1 aliphatic rings. The van der Waals surface area contributed by atoms with Gasteiger partial charge in [-0.15, -0.1) is 6.42 Å². The van der Waals surface area contributed by atoms with Crippen molar-refractivity contribution in [2.24, 2.45) is 4.99 Å². The van der Waals surface area contributed by atoms with Gasteiger partial charge in [-0.25, -0.2) is 9.79 Å². The van der Waals surface area contributed by atoms with Gasteiger partial charge < -0.3 is 14.2 Å². The second-order valence-corrected chi connectivity index (χ2v) is 6.09. The monoisotopic (exact) mass is 381 g/mol. The van der Waals surface area contributed by atoms with Crippen LogP contribution in [0.3, 0.4) is 0 Å². The Kier molecular flexibility index (Phi) is 5.49. The zero-order valence-electron chi connectivity index (χ0n) is 14.8. The predicted molar refractivity (Wildman–Crippen MR) is 104 cm³/mol. The van der Waals surface area contributed by atoms with E-state index in [1.54, 1.807) is 18.2 Å². The van der Waals surface area contributed by atoms with E-state index in [0.29, 0.717) is 22.1 Å². The fourth-order valence-electron chi connectivity index (χ4n) is 2.57. The number of halogens is 1. The van der Waals surface area contributed by atoms with Crippen LogP contribution >= 0.6 is 11.6 Å². The summed E-state index contributed by atoms with van der Waals surface area (Å²) in [5.74, 6) is 2.86. The molecule has 0 atom stereocenters. The minimum absolute atomic E-state index is 0.0624. The third-order valence-electron chi connectivity index (χ3n) is 3.85. The van der Waals surface area contributed by atoms with E-state index in [4.69, 9.17) is 32.2 Å². The van der Waals surface area contributed by atoms with Crippen LogP contribution in [0.25, 0.3) is 6.08 Å². The number of cyclic esters (lactones) is 1. The number of esters is 1. The van der Waals surface area contributed by atoms with Gasteiger partial charge in [0.1, 0.15) is 6.61 Å². The molecular formula is C21H16ClNO4. The first-order chi connectivity index (χ1) is 13.0. The van der Waals surface area contributed by atoms with Gasteiger partial charge in [-0.05, 0) is 42.3 Å². The number of nitrogens with zero attached hydrogens (tertiary/aromatic N) is 1. The van der Waals surface area contributed by atoms with Crippen molar-refractivity contribution in [3.05, 3.63) is 63.8 Å². The quantitative estimate of drug-likeness (QED) is 0.446. The first-order valence-corrected chi connectivity index (χ1v) is 8.43. The number of rotatable bonds is 5. The number of benzene rings is 2. The first-order valence-electron chi connectivity index (χ1n) is 8.06. The summed E-state index contributed by atoms with van der Waals surface area (Å²) in [4.78, 5) is 16.5. The molecule has 1 heterocycles. The molecular weight excluding hydrogens is 366 g/mol. The van der Waals surface area contributed by atoms with Gasteiger partial charge >= 0.3 is 5.97 Å². The number of methoxy groups -OCH3 is 1. The van der Waals surface area contributed by atoms with Gasteiger partial charge in [0.05, 0.1) is 12.1 Å². The van der Waals surface area contributed by atoms with E-state index in [1.807, 2.05) is 31.2 Å². The van der Waals surface area contributed by atoms with Gasteiger partial charge in [-0.2, -0.15) is 0 Å². The third kappa shape index (κ3) is 3.97. The van der Waals surface area contributed by atoms with Crippen LogP contribution in [-0.4, -0.2) is 25.6 Å². The summed E-state index contributed by atoms with van der Waals surface area (Å²) in [7, 11) is 1.49. The molecule has 0 spiro atoms. The lowest BCUT2D eigenvalue weighted by Gasteiger charge is -2.11. The second kappa shape index (κ2) is 7.98. The highest BCUT2D eigenvalue weighted by atomic mass is 35.5. The molecule has 1 aliphatic heterocycles. The maximum Gasteiger partial charge on any atom is 0.363 e. The molecule has 6 heteroatoms. The number of hydrogen-bond acceptors (Lipinski definition) is 5. The van der Waals surface area contributed by atoms with Crippen molar-refractivity contribution in [1.82, 2.24) is 0 Å². The van der Waals surface area contributed by atoms with E-state index in [2.05, 4.69) is 10.9 Å². The zero-order chi connectivity index (χ0) is 19.4. The molecule has 2 aromatic rings. The number of aryl methyl sites for hydroxylation is 1. The van der Waals surface area contributed by atoms with Crippen LogP contribution in [0.4, 0.5) is 0 Å². The van der Waals surface area contributed by atoms with Gasteiger partial charge in [0, 0.05) is 5.56 Å². The lowest BCUT2D eigenvalue weighted by Crippen LogP contribution is -2.06. The van der Waals surface area contributed by atoms with Gasteiger partial charge in [0.25, 0.3) is 0 Å². The van der Waals surface area contributed by atoms with Crippen LogP contribution in [0.2, 0.25) is 5.02 Å². The summed E-state index contributed by atoms with van der Waals surface area (Å²) in [6.07, 6.45) is 6.79.